The molecule has 1 saturated heterocycles. The summed E-state index contributed by atoms with van der Waals surface area (Å²) in [5, 5.41) is 12.6. The van der Waals surface area contributed by atoms with Gasteiger partial charge in [-0.15, -0.1) is 10.2 Å². The fourth-order valence-electron chi connectivity index (χ4n) is 3.34. The minimum Gasteiger partial charge on any atom is -0.490 e. The number of hydrogen-bond donors (Lipinski definition) is 1. The molecule has 164 valence electrons. The van der Waals surface area contributed by atoms with Crippen LogP contribution in [-0.4, -0.2) is 49.0 Å². The molecule has 0 radical (unpaired) electrons. The molecule has 0 spiro atoms. The van der Waals surface area contributed by atoms with Crippen molar-refractivity contribution in [2.75, 3.05) is 43.1 Å². The van der Waals surface area contributed by atoms with Gasteiger partial charge >= 0.3 is 0 Å². The highest BCUT2D eigenvalue weighted by Crippen LogP contribution is 2.39. The van der Waals surface area contributed by atoms with Gasteiger partial charge in [-0.05, 0) is 45.7 Å². The van der Waals surface area contributed by atoms with Crippen LogP contribution in [0.15, 0.2) is 12.1 Å². The van der Waals surface area contributed by atoms with Crippen molar-refractivity contribution in [3.05, 3.63) is 17.7 Å². The summed E-state index contributed by atoms with van der Waals surface area (Å²) < 4.78 is 17.1. The Kier molecular flexibility index (Phi) is 8.12. The Labute approximate surface area is 181 Å². The normalized spacial score (nSPS) is 14.2. The first kappa shape index (κ1) is 22.1. The number of nitrogens with one attached hydrogen (secondary N) is 1. The molecule has 9 heteroatoms. The lowest BCUT2D eigenvalue weighted by atomic mass is 10.1. The number of ether oxygens (including phenoxy) is 3. The van der Waals surface area contributed by atoms with Gasteiger partial charge in [0.05, 0.1) is 19.8 Å². The Morgan fingerprint density at radius 2 is 1.57 bits per heavy atom. The van der Waals surface area contributed by atoms with E-state index in [0.29, 0.717) is 47.8 Å². The molecular formula is C21H30N4O4S. The van der Waals surface area contributed by atoms with Gasteiger partial charge < -0.3 is 19.1 Å². The zero-order valence-electron chi connectivity index (χ0n) is 17.9. The summed E-state index contributed by atoms with van der Waals surface area (Å²) in [6.07, 6.45) is 4.82. The molecule has 2 heterocycles. The van der Waals surface area contributed by atoms with E-state index in [1.165, 1.54) is 24.2 Å². The molecule has 1 aromatic heterocycles. The lowest BCUT2D eigenvalue weighted by molar-refractivity contribution is 0.102. The average molecular weight is 435 g/mol. The van der Waals surface area contributed by atoms with Crippen LogP contribution >= 0.6 is 11.3 Å². The third kappa shape index (κ3) is 5.53. The maximum atomic E-state index is 12.9. The van der Waals surface area contributed by atoms with Crippen molar-refractivity contribution in [2.24, 2.45) is 0 Å². The van der Waals surface area contributed by atoms with E-state index in [2.05, 4.69) is 20.4 Å². The Morgan fingerprint density at radius 3 is 2.13 bits per heavy atom. The van der Waals surface area contributed by atoms with Crippen LogP contribution in [0.3, 0.4) is 0 Å². The number of benzene rings is 1. The smallest absolute Gasteiger partial charge is 0.257 e. The van der Waals surface area contributed by atoms with E-state index in [1.807, 2.05) is 20.8 Å². The molecule has 1 aliphatic heterocycles. The summed E-state index contributed by atoms with van der Waals surface area (Å²) in [6, 6.07) is 3.34. The topological polar surface area (TPSA) is 85.8 Å². The quantitative estimate of drug-likeness (QED) is 0.627. The van der Waals surface area contributed by atoms with Crippen molar-refractivity contribution < 1.29 is 19.0 Å². The first-order valence-corrected chi connectivity index (χ1v) is 11.4. The van der Waals surface area contributed by atoms with Crippen molar-refractivity contribution in [1.29, 1.82) is 0 Å². The summed E-state index contributed by atoms with van der Waals surface area (Å²) in [7, 11) is 0. The number of hydrogen-bond acceptors (Lipinski definition) is 8. The van der Waals surface area contributed by atoms with Crippen LogP contribution in [-0.2, 0) is 0 Å². The number of anilines is 2. The van der Waals surface area contributed by atoms with Crippen LogP contribution in [0, 0.1) is 0 Å². The highest BCUT2D eigenvalue weighted by molar-refractivity contribution is 7.19. The monoisotopic (exact) mass is 434 g/mol. The number of rotatable bonds is 9. The zero-order chi connectivity index (χ0) is 21.3. The first-order valence-electron chi connectivity index (χ1n) is 10.6. The minimum atomic E-state index is -0.293. The van der Waals surface area contributed by atoms with Gasteiger partial charge in [0.2, 0.25) is 16.0 Å². The highest BCUT2D eigenvalue weighted by atomic mass is 32.1. The number of aromatic nitrogens is 2. The predicted octanol–water partition coefficient (Wildman–Crippen LogP) is 4.37. The fourth-order valence-corrected chi connectivity index (χ4v) is 4.14. The Morgan fingerprint density at radius 1 is 0.967 bits per heavy atom. The lowest BCUT2D eigenvalue weighted by Gasteiger charge is -2.17. The van der Waals surface area contributed by atoms with E-state index in [-0.39, 0.29) is 5.91 Å². The van der Waals surface area contributed by atoms with Crippen LogP contribution in [0.1, 0.15) is 56.8 Å². The van der Waals surface area contributed by atoms with E-state index in [4.69, 9.17) is 14.2 Å². The predicted molar refractivity (Wildman–Crippen MR) is 118 cm³/mol. The minimum absolute atomic E-state index is 0.293. The summed E-state index contributed by atoms with van der Waals surface area (Å²) in [5.41, 5.74) is 0.414. The summed E-state index contributed by atoms with van der Waals surface area (Å²) in [5.74, 6) is 1.19. The van der Waals surface area contributed by atoms with E-state index < -0.39 is 0 Å². The van der Waals surface area contributed by atoms with Crippen LogP contribution in [0.2, 0.25) is 0 Å². The van der Waals surface area contributed by atoms with Crippen molar-refractivity contribution in [1.82, 2.24) is 10.2 Å². The maximum absolute atomic E-state index is 12.9. The molecule has 3 rings (SSSR count). The first-order chi connectivity index (χ1) is 14.7. The highest BCUT2D eigenvalue weighted by Gasteiger charge is 2.20. The summed E-state index contributed by atoms with van der Waals surface area (Å²) in [4.78, 5) is 15.1. The number of amides is 1. The van der Waals surface area contributed by atoms with Crippen molar-refractivity contribution >= 4 is 27.5 Å². The molecule has 1 fully saturated rings. The third-order valence-electron chi connectivity index (χ3n) is 4.68. The van der Waals surface area contributed by atoms with Gasteiger partial charge in [-0.3, -0.25) is 10.1 Å². The van der Waals surface area contributed by atoms with Gasteiger partial charge in [0, 0.05) is 18.7 Å². The fraction of sp³-hybridized carbons (Fsp3) is 0.571. The van der Waals surface area contributed by atoms with E-state index in [0.717, 1.165) is 31.1 Å². The molecule has 0 aliphatic carbocycles. The molecule has 0 unspecified atom stereocenters. The zero-order valence-corrected chi connectivity index (χ0v) is 18.7. The molecule has 8 nitrogen and oxygen atoms in total. The van der Waals surface area contributed by atoms with Gasteiger partial charge in [-0.25, -0.2) is 0 Å². The van der Waals surface area contributed by atoms with Crippen molar-refractivity contribution in [3.63, 3.8) is 0 Å². The average Bonchev–Trinajstić information content (AvgIpc) is 3.02. The number of carbonyl (C=O) groups is 1. The molecular weight excluding hydrogens is 404 g/mol. The molecule has 1 N–H and O–H groups in total. The lowest BCUT2D eigenvalue weighted by Crippen LogP contribution is -2.23. The summed E-state index contributed by atoms with van der Waals surface area (Å²) in [6.45, 7) is 8.99. The van der Waals surface area contributed by atoms with Crippen LogP contribution < -0.4 is 24.4 Å². The molecule has 0 saturated carbocycles. The second-order valence-electron chi connectivity index (χ2n) is 6.85. The second kappa shape index (κ2) is 11.0. The number of carbonyl (C=O) groups excluding carboxylic acids is 1. The molecule has 1 amide bonds. The number of nitrogens with zero attached hydrogens (tertiary/aromatic N) is 3. The molecule has 0 bridgehead atoms. The van der Waals surface area contributed by atoms with Crippen molar-refractivity contribution in [3.8, 4) is 17.2 Å². The van der Waals surface area contributed by atoms with Crippen LogP contribution in [0.25, 0.3) is 0 Å². The standard InChI is InChI=1S/C21H30N4O4S/c1-4-27-16-13-15(14-17(28-5-2)18(16)29-6-3)19(26)22-20-23-24-21(30-20)25-11-9-7-8-10-12-25/h13-14H,4-12H2,1-3H3,(H,22,23,26). The molecule has 0 atom stereocenters. The van der Waals surface area contributed by atoms with Gasteiger partial charge in [-0.1, -0.05) is 24.2 Å². The largest absolute Gasteiger partial charge is 0.490 e. The third-order valence-corrected chi connectivity index (χ3v) is 5.58. The summed E-state index contributed by atoms with van der Waals surface area (Å²) >= 11 is 1.40. The maximum Gasteiger partial charge on any atom is 0.257 e. The molecule has 30 heavy (non-hydrogen) atoms. The SMILES string of the molecule is CCOc1cc(C(=O)Nc2nnc(N3CCCCCC3)s2)cc(OCC)c1OCC. The molecule has 1 aliphatic rings. The Balaban J connectivity index is 1.79. The van der Waals surface area contributed by atoms with E-state index >= 15 is 0 Å². The Bertz CT molecular complexity index is 807. The van der Waals surface area contributed by atoms with Gasteiger partial charge in [-0.2, -0.15) is 0 Å². The Hall–Kier alpha value is -2.55. The van der Waals surface area contributed by atoms with Gasteiger partial charge in [0.15, 0.2) is 11.5 Å². The van der Waals surface area contributed by atoms with Crippen LogP contribution in [0.4, 0.5) is 10.3 Å². The van der Waals surface area contributed by atoms with Gasteiger partial charge in [0.25, 0.3) is 5.91 Å². The van der Waals surface area contributed by atoms with Crippen molar-refractivity contribution in [2.45, 2.75) is 46.5 Å². The molecule has 2 aromatic rings. The van der Waals surface area contributed by atoms with Crippen LogP contribution in [0.5, 0.6) is 17.2 Å². The molecule has 1 aromatic carbocycles. The van der Waals surface area contributed by atoms with E-state index in [9.17, 15) is 4.79 Å². The van der Waals surface area contributed by atoms with E-state index in [1.54, 1.807) is 12.1 Å². The van der Waals surface area contributed by atoms with Gasteiger partial charge in [0.1, 0.15) is 0 Å². The second-order valence-corrected chi connectivity index (χ2v) is 7.80.